The molecule has 35 heavy (non-hydrogen) atoms. The normalized spacial score (nSPS) is 17.0. The van der Waals surface area contributed by atoms with E-state index in [-0.39, 0.29) is 29.4 Å². The van der Waals surface area contributed by atoms with Crippen molar-refractivity contribution in [2.24, 2.45) is 0 Å². The van der Waals surface area contributed by atoms with Crippen LogP contribution in [-0.2, 0) is 16.1 Å². The van der Waals surface area contributed by atoms with Gasteiger partial charge in [0.05, 0.1) is 25.3 Å². The second kappa shape index (κ2) is 10.3. The highest BCUT2D eigenvalue weighted by atomic mass is 16.5. The summed E-state index contributed by atoms with van der Waals surface area (Å²) in [7, 11) is 1.41. The van der Waals surface area contributed by atoms with Gasteiger partial charge in [-0.05, 0) is 60.0 Å². The number of aromatic hydroxyl groups is 1. The molecule has 1 aliphatic heterocycles. The van der Waals surface area contributed by atoms with E-state index in [4.69, 9.17) is 9.47 Å². The minimum Gasteiger partial charge on any atom is -0.507 e. The van der Waals surface area contributed by atoms with Crippen LogP contribution in [0.5, 0.6) is 17.2 Å². The molecule has 0 radical (unpaired) electrons. The fourth-order valence-corrected chi connectivity index (χ4v) is 4.03. The SMILES string of the molecule is CCCOc1ccc(C(O)=C2C(=O)C(=O)N(Cc3cccnc3)[C@@H]2c2ccc(O)c(OC)c2)cc1. The topological polar surface area (TPSA) is 109 Å². The number of hydrogen-bond donors (Lipinski definition) is 2. The predicted octanol–water partition coefficient (Wildman–Crippen LogP) is 4.21. The van der Waals surface area contributed by atoms with Gasteiger partial charge in [0.1, 0.15) is 11.5 Å². The van der Waals surface area contributed by atoms with Crippen LogP contribution in [0.2, 0.25) is 0 Å². The number of carbonyl (C=O) groups excluding carboxylic acids is 2. The molecule has 3 aromatic rings. The Labute approximate surface area is 203 Å². The lowest BCUT2D eigenvalue weighted by Gasteiger charge is -2.25. The minimum atomic E-state index is -0.902. The van der Waals surface area contributed by atoms with E-state index in [1.165, 1.54) is 18.1 Å². The van der Waals surface area contributed by atoms with Crippen molar-refractivity contribution in [3.05, 3.63) is 89.3 Å². The average molecular weight is 475 g/mol. The molecule has 1 fully saturated rings. The summed E-state index contributed by atoms with van der Waals surface area (Å²) in [5.74, 6) is -1.09. The van der Waals surface area contributed by atoms with Crippen molar-refractivity contribution in [2.45, 2.75) is 25.9 Å². The molecule has 0 saturated carbocycles. The van der Waals surface area contributed by atoms with Crippen LogP contribution < -0.4 is 9.47 Å². The number of aliphatic hydroxyl groups excluding tert-OH is 1. The monoisotopic (exact) mass is 474 g/mol. The summed E-state index contributed by atoms with van der Waals surface area (Å²) in [4.78, 5) is 31.8. The minimum absolute atomic E-state index is 0.0474. The van der Waals surface area contributed by atoms with Gasteiger partial charge in [-0.3, -0.25) is 14.6 Å². The predicted molar refractivity (Wildman–Crippen MR) is 129 cm³/mol. The molecule has 1 aromatic heterocycles. The number of aromatic nitrogens is 1. The lowest BCUT2D eigenvalue weighted by Crippen LogP contribution is -2.29. The highest BCUT2D eigenvalue weighted by molar-refractivity contribution is 6.46. The summed E-state index contributed by atoms with van der Waals surface area (Å²) in [5, 5.41) is 21.3. The van der Waals surface area contributed by atoms with E-state index in [1.807, 2.05) is 6.92 Å². The van der Waals surface area contributed by atoms with Crippen molar-refractivity contribution in [2.75, 3.05) is 13.7 Å². The second-order valence-corrected chi connectivity index (χ2v) is 8.09. The Morgan fingerprint density at radius 3 is 2.54 bits per heavy atom. The summed E-state index contributed by atoms with van der Waals surface area (Å²) in [6.07, 6.45) is 4.09. The number of methoxy groups -OCH3 is 1. The molecule has 2 heterocycles. The zero-order valence-corrected chi connectivity index (χ0v) is 19.5. The highest BCUT2D eigenvalue weighted by Crippen LogP contribution is 2.42. The van der Waals surface area contributed by atoms with E-state index in [9.17, 15) is 19.8 Å². The van der Waals surface area contributed by atoms with Gasteiger partial charge in [-0.1, -0.05) is 19.1 Å². The number of ketones is 1. The molecule has 1 saturated heterocycles. The quantitative estimate of drug-likeness (QED) is 0.286. The standard InChI is InChI=1S/C27H26N2O6/c1-3-13-35-20-9-6-18(7-10-20)25(31)23-24(19-8-11-21(30)22(14-19)34-2)29(27(33)26(23)32)16-17-5-4-12-28-15-17/h4-12,14-15,24,30-31H,3,13,16H2,1-2H3/t24-/m1/s1. The number of likely N-dealkylation sites (tertiary alicyclic amines) is 1. The van der Waals surface area contributed by atoms with Gasteiger partial charge in [-0.25, -0.2) is 0 Å². The second-order valence-electron chi connectivity index (χ2n) is 8.09. The molecule has 2 aromatic carbocycles. The molecule has 1 amide bonds. The fraction of sp³-hybridized carbons (Fsp3) is 0.222. The van der Waals surface area contributed by atoms with Crippen LogP contribution in [0.15, 0.2) is 72.6 Å². The summed E-state index contributed by atoms with van der Waals surface area (Å²) in [5.41, 5.74) is 1.56. The molecule has 0 spiro atoms. The molecule has 2 N–H and O–H groups in total. The van der Waals surface area contributed by atoms with Gasteiger partial charge in [0, 0.05) is 24.5 Å². The van der Waals surface area contributed by atoms with Gasteiger partial charge < -0.3 is 24.6 Å². The first kappa shape index (κ1) is 23.8. The molecule has 1 atom stereocenters. The first-order valence-corrected chi connectivity index (χ1v) is 11.2. The van der Waals surface area contributed by atoms with E-state index in [0.29, 0.717) is 23.5 Å². The van der Waals surface area contributed by atoms with Crippen LogP contribution >= 0.6 is 0 Å². The summed E-state index contributed by atoms with van der Waals surface area (Å²) >= 11 is 0. The number of hydrogen-bond acceptors (Lipinski definition) is 7. The molecular weight excluding hydrogens is 448 g/mol. The molecule has 4 rings (SSSR count). The zero-order chi connectivity index (χ0) is 24.9. The Hall–Kier alpha value is -4.33. The number of Topliss-reactive ketones (excluding diaryl/α,β-unsaturated/α-hetero) is 1. The smallest absolute Gasteiger partial charge is 0.295 e. The van der Waals surface area contributed by atoms with Crippen molar-refractivity contribution in [1.82, 2.24) is 9.88 Å². The van der Waals surface area contributed by atoms with E-state index in [0.717, 1.165) is 12.0 Å². The third-order valence-electron chi connectivity index (χ3n) is 5.74. The number of nitrogens with zero attached hydrogens (tertiary/aromatic N) is 2. The largest absolute Gasteiger partial charge is 0.507 e. The van der Waals surface area contributed by atoms with Crippen LogP contribution in [0, 0.1) is 0 Å². The van der Waals surface area contributed by atoms with Crippen molar-refractivity contribution in [1.29, 1.82) is 0 Å². The molecule has 0 unspecified atom stereocenters. The fourth-order valence-electron chi connectivity index (χ4n) is 4.03. The Kier molecular flexibility index (Phi) is 7.01. The van der Waals surface area contributed by atoms with Crippen LogP contribution in [0.25, 0.3) is 5.76 Å². The maximum absolute atomic E-state index is 13.2. The number of phenols is 1. The molecule has 0 bridgehead atoms. The van der Waals surface area contributed by atoms with Gasteiger partial charge in [0.15, 0.2) is 11.5 Å². The number of ether oxygens (including phenoxy) is 2. The van der Waals surface area contributed by atoms with Gasteiger partial charge in [-0.2, -0.15) is 0 Å². The van der Waals surface area contributed by atoms with E-state index < -0.39 is 17.7 Å². The summed E-state index contributed by atoms with van der Waals surface area (Å²) in [6.45, 7) is 2.67. The Bertz CT molecular complexity index is 1250. The lowest BCUT2D eigenvalue weighted by molar-refractivity contribution is -0.140. The zero-order valence-electron chi connectivity index (χ0n) is 19.5. The van der Waals surface area contributed by atoms with Crippen LogP contribution in [0.3, 0.4) is 0 Å². The highest BCUT2D eigenvalue weighted by Gasteiger charge is 2.46. The molecule has 8 nitrogen and oxygen atoms in total. The molecule has 8 heteroatoms. The number of rotatable bonds is 8. The molecule has 0 aliphatic carbocycles. The van der Waals surface area contributed by atoms with Crippen molar-refractivity contribution in [3.63, 3.8) is 0 Å². The maximum Gasteiger partial charge on any atom is 0.295 e. The van der Waals surface area contributed by atoms with E-state index in [1.54, 1.807) is 60.9 Å². The van der Waals surface area contributed by atoms with Crippen molar-refractivity contribution in [3.8, 4) is 17.2 Å². The first-order valence-electron chi connectivity index (χ1n) is 11.2. The molecular formula is C27H26N2O6. The van der Waals surface area contributed by atoms with E-state index in [2.05, 4.69) is 4.98 Å². The number of pyridine rings is 1. The number of phenolic OH excluding ortho intramolecular Hbond substituents is 1. The summed E-state index contributed by atoms with van der Waals surface area (Å²) in [6, 6.07) is 13.9. The number of carbonyl (C=O) groups is 2. The van der Waals surface area contributed by atoms with Crippen LogP contribution in [0.4, 0.5) is 0 Å². The van der Waals surface area contributed by atoms with Crippen LogP contribution in [-0.4, -0.2) is 45.5 Å². The number of benzene rings is 2. The first-order chi connectivity index (χ1) is 16.9. The van der Waals surface area contributed by atoms with Crippen molar-refractivity contribution < 1.29 is 29.3 Å². The third kappa shape index (κ3) is 4.82. The molecule has 1 aliphatic rings. The number of amides is 1. The van der Waals surface area contributed by atoms with Gasteiger partial charge in [0.25, 0.3) is 11.7 Å². The van der Waals surface area contributed by atoms with Gasteiger partial charge in [-0.15, -0.1) is 0 Å². The Morgan fingerprint density at radius 1 is 1.11 bits per heavy atom. The van der Waals surface area contributed by atoms with Gasteiger partial charge in [0.2, 0.25) is 0 Å². The maximum atomic E-state index is 13.2. The molecule has 180 valence electrons. The van der Waals surface area contributed by atoms with Crippen molar-refractivity contribution >= 4 is 17.4 Å². The lowest BCUT2D eigenvalue weighted by atomic mass is 9.95. The third-order valence-corrected chi connectivity index (χ3v) is 5.74. The van der Waals surface area contributed by atoms with Crippen LogP contribution in [0.1, 0.15) is 36.1 Å². The van der Waals surface area contributed by atoms with E-state index >= 15 is 0 Å². The Balaban J connectivity index is 1.82. The Morgan fingerprint density at radius 2 is 1.89 bits per heavy atom. The summed E-state index contributed by atoms with van der Waals surface area (Å²) < 4.78 is 10.8. The average Bonchev–Trinajstić information content (AvgIpc) is 3.13. The number of aliphatic hydroxyl groups is 1. The van der Waals surface area contributed by atoms with Gasteiger partial charge >= 0.3 is 0 Å².